The summed E-state index contributed by atoms with van der Waals surface area (Å²) in [6.07, 6.45) is 0.760. The van der Waals surface area contributed by atoms with Crippen LogP contribution in [0, 0.1) is 0 Å². The molecule has 0 aromatic heterocycles. The second kappa shape index (κ2) is 6.71. The number of fused-ring (bicyclic) bond motifs is 1. The highest BCUT2D eigenvalue weighted by Crippen LogP contribution is 2.31. The van der Waals surface area contributed by atoms with Gasteiger partial charge < -0.3 is 15.4 Å². The minimum absolute atomic E-state index is 0.0313. The molecule has 0 bridgehead atoms. The zero-order chi connectivity index (χ0) is 15.4. The van der Waals surface area contributed by atoms with Gasteiger partial charge in [0.15, 0.2) is 0 Å². The van der Waals surface area contributed by atoms with Crippen molar-refractivity contribution in [1.29, 1.82) is 0 Å². The Morgan fingerprint density at radius 3 is 2.82 bits per heavy atom. The first-order chi connectivity index (χ1) is 10.7. The van der Waals surface area contributed by atoms with Gasteiger partial charge in [0.25, 0.3) is 0 Å². The van der Waals surface area contributed by atoms with Crippen molar-refractivity contribution in [3.8, 4) is 5.75 Å². The lowest BCUT2D eigenvalue weighted by atomic mass is 10.0. The van der Waals surface area contributed by atoms with E-state index >= 15 is 0 Å². The Morgan fingerprint density at radius 2 is 1.95 bits per heavy atom. The van der Waals surface area contributed by atoms with E-state index in [4.69, 9.17) is 16.3 Å². The van der Waals surface area contributed by atoms with Crippen LogP contribution in [0.2, 0.25) is 5.02 Å². The number of carbonyl (C=O) groups excluding carboxylic acids is 1. The highest BCUT2D eigenvalue weighted by molar-refractivity contribution is 6.31. The van der Waals surface area contributed by atoms with Crippen LogP contribution in [0.5, 0.6) is 5.75 Å². The highest BCUT2D eigenvalue weighted by Gasteiger charge is 2.22. The number of urea groups is 1. The van der Waals surface area contributed by atoms with Crippen LogP contribution >= 0.6 is 11.6 Å². The van der Waals surface area contributed by atoms with Gasteiger partial charge in [0.1, 0.15) is 5.75 Å². The summed E-state index contributed by atoms with van der Waals surface area (Å²) in [6.45, 7) is 1.00. The molecular weight excluding hydrogens is 300 g/mol. The number of rotatable bonds is 3. The number of hydrogen-bond donors (Lipinski definition) is 2. The molecule has 2 N–H and O–H groups in total. The molecule has 22 heavy (non-hydrogen) atoms. The van der Waals surface area contributed by atoms with Crippen molar-refractivity contribution in [3.63, 3.8) is 0 Å². The number of para-hydroxylation sites is 1. The number of benzene rings is 2. The molecule has 1 aliphatic heterocycles. The van der Waals surface area contributed by atoms with Gasteiger partial charge in [-0.3, -0.25) is 0 Å². The van der Waals surface area contributed by atoms with Crippen LogP contribution in [-0.4, -0.2) is 12.6 Å². The fraction of sp³-hybridized carbons (Fsp3) is 0.235. The molecule has 0 spiro atoms. The average Bonchev–Trinajstić information content (AvgIpc) is 2.54. The molecule has 0 aliphatic carbocycles. The Balaban J connectivity index is 1.60. The van der Waals surface area contributed by atoms with Gasteiger partial charge in [-0.25, -0.2) is 4.79 Å². The standard InChI is InChI=1S/C17H17ClN2O2/c18-14-7-3-1-5-12(14)11-19-17(21)20-15-9-10-22-16-8-4-2-6-13(15)16/h1-8,15H,9-11H2,(H2,19,20,21). The summed E-state index contributed by atoms with van der Waals surface area (Å²) < 4.78 is 5.59. The van der Waals surface area contributed by atoms with Gasteiger partial charge in [-0.05, 0) is 17.7 Å². The maximum Gasteiger partial charge on any atom is 0.315 e. The largest absolute Gasteiger partial charge is 0.493 e. The summed E-state index contributed by atoms with van der Waals surface area (Å²) in [5.41, 5.74) is 1.91. The van der Waals surface area contributed by atoms with Crippen LogP contribution in [-0.2, 0) is 6.54 Å². The predicted molar refractivity (Wildman–Crippen MR) is 86.1 cm³/mol. The van der Waals surface area contributed by atoms with Gasteiger partial charge >= 0.3 is 6.03 Å². The van der Waals surface area contributed by atoms with Gasteiger partial charge in [0, 0.05) is 23.6 Å². The third-order valence-corrected chi connectivity index (χ3v) is 4.03. The number of carbonyl (C=O) groups is 1. The second-order valence-electron chi connectivity index (χ2n) is 5.15. The third kappa shape index (κ3) is 3.34. The predicted octanol–water partition coefficient (Wildman–Crippen LogP) is 3.66. The third-order valence-electron chi connectivity index (χ3n) is 3.66. The molecule has 4 nitrogen and oxygen atoms in total. The fourth-order valence-electron chi connectivity index (χ4n) is 2.52. The first-order valence-electron chi connectivity index (χ1n) is 7.23. The Bertz CT molecular complexity index is 675. The molecule has 5 heteroatoms. The van der Waals surface area contributed by atoms with Crippen molar-refractivity contribution in [1.82, 2.24) is 10.6 Å². The second-order valence-corrected chi connectivity index (χ2v) is 5.55. The smallest absolute Gasteiger partial charge is 0.315 e. The molecule has 0 saturated carbocycles. The minimum Gasteiger partial charge on any atom is -0.493 e. The van der Waals surface area contributed by atoms with Crippen molar-refractivity contribution < 1.29 is 9.53 Å². The molecule has 0 radical (unpaired) electrons. The summed E-state index contributed by atoms with van der Waals surface area (Å²) in [5, 5.41) is 6.49. The van der Waals surface area contributed by atoms with E-state index in [9.17, 15) is 4.79 Å². The minimum atomic E-state index is -0.207. The van der Waals surface area contributed by atoms with E-state index in [1.54, 1.807) is 0 Å². The number of ether oxygens (including phenoxy) is 1. The van der Waals surface area contributed by atoms with Crippen molar-refractivity contribution in [2.75, 3.05) is 6.61 Å². The van der Waals surface area contributed by atoms with Crippen LogP contribution in [0.4, 0.5) is 4.79 Å². The molecule has 2 aromatic rings. The number of halogens is 1. The lowest BCUT2D eigenvalue weighted by Gasteiger charge is -2.26. The lowest BCUT2D eigenvalue weighted by Crippen LogP contribution is -2.39. The van der Waals surface area contributed by atoms with E-state index < -0.39 is 0 Å². The van der Waals surface area contributed by atoms with E-state index in [0.717, 1.165) is 23.3 Å². The highest BCUT2D eigenvalue weighted by atomic mass is 35.5. The molecule has 0 fully saturated rings. The van der Waals surface area contributed by atoms with Crippen LogP contribution in [0.15, 0.2) is 48.5 Å². The maximum absolute atomic E-state index is 12.1. The molecule has 1 heterocycles. The van der Waals surface area contributed by atoms with Crippen LogP contribution in [0.3, 0.4) is 0 Å². The quantitative estimate of drug-likeness (QED) is 0.908. The zero-order valence-corrected chi connectivity index (χ0v) is 12.8. The van der Waals surface area contributed by atoms with E-state index in [0.29, 0.717) is 18.2 Å². The topological polar surface area (TPSA) is 50.4 Å². The van der Waals surface area contributed by atoms with Crippen LogP contribution in [0.25, 0.3) is 0 Å². The molecule has 1 unspecified atom stereocenters. The van der Waals surface area contributed by atoms with E-state index in [-0.39, 0.29) is 12.1 Å². The van der Waals surface area contributed by atoms with Gasteiger partial charge in [0.2, 0.25) is 0 Å². The van der Waals surface area contributed by atoms with Crippen molar-refractivity contribution in [2.45, 2.75) is 19.0 Å². The SMILES string of the molecule is O=C(NCc1ccccc1Cl)NC1CCOc2ccccc21. The Kier molecular flexibility index (Phi) is 4.49. The molecular formula is C17H17ClN2O2. The molecule has 0 saturated heterocycles. The van der Waals surface area contributed by atoms with Crippen LogP contribution < -0.4 is 15.4 Å². The number of amides is 2. The maximum atomic E-state index is 12.1. The summed E-state index contributed by atoms with van der Waals surface area (Å²) >= 11 is 6.08. The molecule has 3 rings (SSSR count). The fourth-order valence-corrected chi connectivity index (χ4v) is 2.72. The summed E-state index contributed by atoms with van der Waals surface area (Å²) in [5.74, 6) is 0.838. The first-order valence-corrected chi connectivity index (χ1v) is 7.61. The summed E-state index contributed by atoms with van der Waals surface area (Å²) in [7, 11) is 0. The Morgan fingerprint density at radius 1 is 1.18 bits per heavy atom. The van der Waals surface area contributed by atoms with E-state index in [2.05, 4.69) is 10.6 Å². The van der Waals surface area contributed by atoms with Gasteiger partial charge in [-0.15, -0.1) is 0 Å². The molecule has 2 aromatic carbocycles. The van der Waals surface area contributed by atoms with E-state index in [1.165, 1.54) is 0 Å². The first kappa shape index (κ1) is 14.7. The van der Waals surface area contributed by atoms with Crippen LogP contribution in [0.1, 0.15) is 23.6 Å². The molecule has 114 valence electrons. The average molecular weight is 317 g/mol. The van der Waals surface area contributed by atoms with Crippen molar-refractivity contribution >= 4 is 17.6 Å². The monoisotopic (exact) mass is 316 g/mol. The van der Waals surface area contributed by atoms with Crippen molar-refractivity contribution in [2.24, 2.45) is 0 Å². The molecule has 2 amide bonds. The van der Waals surface area contributed by atoms with Crippen molar-refractivity contribution in [3.05, 3.63) is 64.7 Å². The van der Waals surface area contributed by atoms with E-state index in [1.807, 2.05) is 48.5 Å². The normalized spacial score (nSPS) is 16.3. The van der Waals surface area contributed by atoms with Gasteiger partial charge in [-0.2, -0.15) is 0 Å². The number of nitrogens with one attached hydrogen (secondary N) is 2. The lowest BCUT2D eigenvalue weighted by molar-refractivity contribution is 0.223. The van der Waals surface area contributed by atoms with Gasteiger partial charge in [-0.1, -0.05) is 48.0 Å². The molecule has 1 aliphatic rings. The molecule has 1 atom stereocenters. The summed E-state index contributed by atoms with van der Waals surface area (Å²) in [4.78, 5) is 12.1. The Labute approximate surface area is 134 Å². The number of hydrogen-bond acceptors (Lipinski definition) is 2. The summed E-state index contributed by atoms with van der Waals surface area (Å²) in [6, 6.07) is 15.0. The zero-order valence-electron chi connectivity index (χ0n) is 12.0. The van der Waals surface area contributed by atoms with Gasteiger partial charge in [0.05, 0.1) is 12.6 Å². The Hall–Kier alpha value is -2.20.